The third kappa shape index (κ3) is 3.45. The van der Waals surface area contributed by atoms with Gasteiger partial charge >= 0.3 is 12.0 Å². The van der Waals surface area contributed by atoms with Crippen LogP contribution in [0.1, 0.15) is 15.2 Å². The summed E-state index contributed by atoms with van der Waals surface area (Å²) in [5.41, 5.74) is 1.74. The van der Waals surface area contributed by atoms with Gasteiger partial charge in [-0.05, 0) is 12.1 Å². The van der Waals surface area contributed by atoms with Crippen molar-refractivity contribution in [2.75, 3.05) is 5.32 Å². The number of urea groups is 1. The number of nitrogens with one attached hydrogen (secondary N) is 2. The van der Waals surface area contributed by atoms with Crippen molar-refractivity contribution in [3.63, 3.8) is 0 Å². The summed E-state index contributed by atoms with van der Waals surface area (Å²) >= 11 is 1.42. The number of anilines is 1. The third-order valence-corrected chi connectivity index (χ3v) is 3.17. The molecule has 0 spiro atoms. The van der Waals surface area contributed by atoms with E-state index in [4.69, 9.17) is 5.11 Å². The van der Waals surface area contributed by atoms with Crippen LogP contribution in [0.4, 0.5) is 10.5 Å². The van der Waals surface area contributed by atoms with Gasteiger partial charge in [-0.15, -0.1) is 11.3 Å². The van der Waals surface area contributed by atoms with Crippen molar-refractivity contribution in [3.05, 3.63) is 40.3 Å². The zero-order valence-electron chi connectivity index (χ0n) is 10.2. The SMILES string of the molecule is O=C(NCc1cncs1)Nc1ccc(C(=O)O)c(O)c1. The first kappa shape index (κ1) is 13.8. The minimum atomic E-state index is -1.23. The van der Waals surface area contributed by atoms with Gasteiger partial charge in [-0.25, -0.2) is 9.59 Å². The van der Waals surface area contributed by atoms with E-state index in [1.54, 1.807) is 11.7 Å². The lowest BCUT2D eigenvalue weighted by molar-refractivity contribution is 0.0694. The Balaban J connectivity index is 1.94. The number of carboxylic acid groups (broad SMARTS) is 1. The fourth-order valence-electron chi connectivity index (χ4n) is 1.46. The number of thiazole rings is 1. The molecule has 2 rings (SSSR count). The summed E-state index contributed by atoms with van der Waals surface area (Å²) in [5.74, 6) is -1.64. The van der Waals surface area contributed by atoms with Crippen molar-refractivity contribution in [2.45, 2.75) is 6.54 Å². The first-order chi connectivity index (χ1) is 9.56. The van der Waals surface area contributed by atoms with Gasteiger partial charge in [-0.3, -0.25) is 4.98 Å². The van der Waals surface area contributed by atoms with Crippen LogP contribution in [0.15, 0.2) is 29.9 Å². The Morgan fingerprint density at radius 2 is 2.15 bits per heavy atom. The molecule has 0 unspecified atom stereocenters. The van der Waals surface area contributed by atoms with E-state index in [2.05, 4.69) is 15.6 Å². The van der Waals surface area contributed by atoms with Crippen LogP contribution in [-0.2, 0) is 6.54 Å². The highest BCUT2D eigenvalue weighted by molar-refractivity contribution is 7.09. The van der Waals surface area contributed by atoms with Gasteiger partial charge in [-0.1, -0.05) is 0 Å². The molecular formula is C12H11N3O4S. The number of nitrogens with zero attached hydrogens (tertiary/aromatic N) is 1. The molecule has 0 atom stereocenters. The molecule has 2 aromatic rings. The quantitative estimate of drug-likeness (QED) is 0.687. The maximum atomic E-state index is 11.6. The van der Waals surface area contributed by atoms with Gasteiger partial charge in [0.1, 0.15) is 11.3 Å². The second-order valence-corrected chi connectivity index (χ2v) is 4.78. The zero-order valence-corrected chi connectivity index (χ0v) is 11.0. The van der Waals surface area contributed by atoms with Gasteiger partial charge in [0.05, 0.1) is 12.1 Å². The van der Waals surface area contributed by atoms with E-state index >= 15 is 0 Å². The molecule has 0 aliphatic rings. The number of aromatic carboxylic acids is 1. The minimum absolute atomic E-state index is 0.222. The first-order valence-corrected chi connectivity index (χ1v) is 6.43. The van der Waals surface area contributed by atoms with E-state index in [0.29, 0.717) is 12.2 Å². The maximum absolute atomic E-state index is 11.6. The Morgan fingerprint density at radius 1 is 1.35 bits per heavy atom. The molecule has 104 valence electrons. The molecule has 1 heterocycles. The van der Waals surface area contributed by atoms with E-state index in [1.807, 2.05) is 0 Å². The molecule has 0 aliphatic carbocycles. The normalized spacial score (nSPS) is 10.0. The third-order valence-electron chi connectivity index (χ3n) is 2.39. The highest BCUT2D eigenvalue weighted by Crippen LogP contribution is 2.21. The average Bonchev–Trinajstić information content (AvgIpc) is 2.89. The van der Waals surface area contributed by atoms with Crippen LogP contribution in [0, 0.1) is 0 Å². The smallest absolute Gasteiger partial charge is 0.339 e. The number of phenols is 1. The summed E-state index contributed by atoms with van der Waals surface area (Å²) in [6.45, 7) is 0.343. The highest BCUT2D eigenvalue weighted by Gasteiger charge is 2.10. The molecule has 0 saturated heterocycles. The standard InChI is InChI=1S/C12H11N3O4S/c16-10-3-7(1-2-9(10)11(17)18)15-12(19)14-5-8-4-13-6-20-8/h1-4,6,16H,5H2,(H,17,18)(H2,14,15,19). The fraction of sp³-hybridized carbons (Fsp3) is 0.0833. The van der Waals surface area contributed by atoms with Crippen LogP contribution in [-0.4, -0.2) is 27.2 Å². The number of aromatic nitrogens is 1. The van der Waals surface area contributed by atoms with Crippen LogP contribution in [0.2, 0.25) is 0 Å². The Morgan fingerprint density at radius 3 is 2.75 bits per heavy atom. The highest BCUT2D eigenvalue weighted by atomic mass is 32.1. The largest absolute Gasteiger partial charge is 0.507 e. The molecule has 0 saturated carbocycles. The maximum Gasteiger partial charge on any atom is 0.339 e. The Hall–Kier alpha value is -2.61. The molecule has 0 bridgehead atoms. The number of aromatic hydroxyl groups is 1. The number of carbonyl (C=O) groups is 2. The van der Waals surface area contributed by atoms with Gasteiger partial charge in [0.25, 0.3) is 0 Å². The Labute approximate surface area is 117 Å². The molecule has 7 nitrogen and oxygen atoms in total. The van der Waals surface area contributed by atoms with Crippen LogP contribution < -0.4 is 10.6 Å². The van der Waals surface area contributed by atoms with Crippen LogP contribution >= 0.6 is 11.3 Å². The second kappa shape index (κ2) is 6.02. The summed E-state index contributed by atoms with van der Waals surface area (Å²) in [6, 6.07) is 3.34. The lowest BCUT2D eigenvalue weighted by Gasteiger charge is -2.08. The molecule has 2 amide bonds. The minimum Gasteiger partial charge on any atom is -0.507 e. The lowest BCUT2D eigenvalue weighted by Crippen LogP contribution is -2.27. The van der Waals surface area contributed by atoms with Crippen molar-refractivity contribution in [1.29, 1.82) is 0 Å². The van der Waals surface area contributed by atoms with Crippen LogP contribution in [0.5, 0.6) is 5.75 Å². The average molecular weight is 293 g/mol. The molecule has 4 N–H and O–H groups in total. The topological polar surface area (TPSA) is 112 Å². The number of hydrogen-bond donors (Lipinski definition) is 4. The van der Waals surface area contributed by atoms with Crippen molar-refractivity contribution in [3.8, 4) is 5.75 Å². The Bertz CT molecular complexity index is 628. The van der Waals surface area contributed by atoms with E-state index in [-0.39, 0.29) is 5.56 Å². The summed E-state index contributed by atoms with van der Waals surface area (Å²) in [6.07, 6.45) is 1.65. The molecule has 0 fully saturated rings. The molecular weight excluding hydrogens is 282 g/mol. The molecule has 8 heteroatoms. The van der Waals surface area contributed by atoms with Gasteiger partial charge in [0.2, 0.25) is 0 Å². The van der Waals surface area contributed by atoms with Gasteiger partial charge in [0, 0.05) is 22.8 Å². The summed E-state index contributed by atoms with van der Waals surface area (Å²) in [7, 11) is 0. The van der Waals surface area contributed by atoms with Crippen molar-refractivity contribution >= 4 is 29.0 Å². The van der Waals surface area contributed by atoms with Crippen molar-refractivity contribution in [2.24, 2.45) is 0 Å². The number of carboxylic acids is 1. The number of benzene rings is 1. The van der Waals surface area contributed by atoms with Crippen LogP contribution in [0.3, 0.4) is 0 Å². The molecule has 1 aromatic heterocycles. The summed E-state index contributed by atoms with van der Waals surface area (Å²) in [5, 5.41) is 23.4. The van der Waals surface area contributed by atoms with Gasteiger partial charge in [-0.2, -0.15) is 0 Å². The molecule has 20 heavy (non-hydrogen) atoms. The number of rotatable bonds is 4. The number of hydrogen-bond acceptors (Lipinski definition) is 5. The van der Waals surface area contributed by atoms with E-state index in [1.165, 1.54) is 29.5 Å². The summed E-state index contributed by atoms with van der Waals surface area (Å²) < 4.78 is 0. The zero-order chi connectivity index (χ0) is 14.5. The predicted octanol–water partition coefficient (Wildman–Crippen LogP) is 1.87. The van der Waals surface area contributed by atoms with E-state index in [0.717, 1.165) is 4.88 Å². The molecule has 0 aliphatic heterocycles. The predicted molar refractivity (Wildman–Crippen MR) is 73.0 cm³/mol. The fourth-order valence-corrected chi connectivity index (χ4v) is 2.00. The monoisotopic (exact) mass is 293 g/mol. The Kier molecular flexibility index (Phi) is 4.16. The van der Waals surface area contributed by atoms with Crippen molar-refractivity contribution in [1.82, 2.24) is 10.3 Å². The van der Waals surface area contributed by atoms with E-state index in [9.17, 15) is 14.7 Å². The molecule has 0 radical (unpaired) electrons. The second-order valence-electron chi connectivity index (χ2n) is 3.81. The van der Waals surface area contributed by atoms with E-state index < -0.39 is 17.7 Å². The summed E-state index contributed by atoms with van der Waals surface area (Å²) in [4.78, 5) is 27.1. The number of amides is 2. The molecule has 1 aromatic carbocycles. The van der Waals surface area contributed by atoms with Gasteiger partial charge < -0.3 is 20.8 Å². The van der Waals surface area contributed by atoms with Crippen molar-refractivity contribution < 1.29 is 19.8 Å². The van der Waals surface area contributed by atoms with Gasteiger partial charge in [0.15, 0.2) is 0 Å². The lowest BCUT2D eigenvalue weighted by atomic mass is 10.2. The van der Waals surface area contributed by atoms with Crippen LogP contribution in [0.25, 0.3) is 0 Å². The number of carbonyl (C=O) groups excluding carboxylic acids is 1. The first-order valence-electron chi connectivity index (χ1n) is 5.55.